The molecule has 3 aromatic rings. The molecule has 0 spiro atoms. The molecule has 2 aromatic carbocycles. The van der Waals surface area contributed by atoms with E-state index in [4.69, 9.17) is 27.9 Å². The van der Waals surface area contributed by atoms with E-state index in [0.717, 1.165) is 16.9 Å². The van der Waals surface area contributed by atoms with Crippen LogP contribution >= 0.6 is 23.2 Å². The van der Waals surface area contributed by atoms with E-state index in [1.54, 1.807) is 36.3 Å². The number of hydrogen-bond acceptors (Lipinski definition) is 3. The Balaban J connectivity index is 1.59. The molecule has 0 saturated carbocycles. The van der Waals surface area contributed by atoms with E-state index in [2.05, 4.69) is 10.4 Å². The number of nitrogens with one attached hydrogen (secondary N) is 1. The van der Waals surface area contributed by atoms with Gasteiger partial charge in [0.1, 0.15) is 5.75 Å². The molecule has 0 unspecified atom stereocenters. The highest BCUT2D eigenvalue weighted by atomic mass is 35.5. The summed E-state index contributed by atoms with van der Waals surface area (Å²) in [7, 11) is 1.61. The SMILES string of the molecule is COc1ccc(CC(=O)Nc2cnn(Cc3ccc(Cl)cc3Cl)c2)cc1. The summed E-state index contributed by atoms with van der Waals surface area (Å²) < 4.78 is 6.81. The Morgan fingerprint density at radius 1 is 1.19 bits per heavy atom. The molecule has 0 radical (unpaired) electrons. The maximum Gasteiger partial charge on any atom is 0.228 e. The second-order valence-electron chi connectivity index (χ2n) is 5.74. The van der Waals surface area contributed by atoms with Crippen LogP contribution < -0.4 is 10.1 Å². The summed E-state index contributed by atoms with van der Waals surface area (Å²) in [6.07, 6.45) is 3.64. The van der Waals surface area contributed by atoms with Crippen molar-refractivity contribution in [2.45, 2.75) is 13.0 Å². The number of rotatable bonds is 6. The number of halogens is 2. The first-order chi connectivity index (χ1) is 12.5. The topological polar surface area (TPSA) is 56.1 Å². The van der Waals surface area contributed by atoms with Gasteiger partial charge in [0, 0.05) is 16.2 Å². The van der Waals surface area contributed by atoms with Crippen LogP contribution in [-0.2, 0) is 17.8 Å². The van der Waals surface area contributed by atoms with Crippen LogP contribution in [0, 0.1) is 0 Å². The minimum absolute atomic E-state index is 0.112. The average Bonchev–Trinajstić information content (AvgIpc) is 3.05. The lowest BCUT2D eigenvalue weighted by molar-refractivity contribution is -0.115. The van der Waals surface area contributed by atoms with Crippen molar-refractivity contribution in [1.82, 2.24) is 9.78 Å². The lowest BCUT2D eigenvalue weighted by atomic mass is 10.1. The molecule has 1 aromatic heterocycles. The van der Waals surface area contributed by atoms with Crippen molar-refractivity contribution >= 4 is 34.8 Å². The van der Waals surface area contributed by atoms with Gasteiger partial charge in [-0.3, -0.25) is 9.48 Å². The second kappa shape index (κ2) is 8.25. The van der Waals surface area contributed by atoms with E-state index in [1.807, 2.05) is 30.3 Å². The third kappa shape index (κ3) is 4.77. The molecule has 0 aliphatic carbocycles. The molecule has 1 N–H and O–H groups in total. The maximum absolute atomic E-state index is 12.2. The number of aromatic nitrogens is 2. The Labute approximate surface area is 161 Å². The van der Waals surface area contributed by atoms with Gasteiger partial charge < -0.3 is 10.1 Å². The summed E-state index contributed by atoms with van der Waals surface area (Å²) in [6.45, 7) is 0.490. The number of nitrogens with zero attached hydrogens (tertiary/aromatic N) is 2. The molecule has 134 valence electrons. The number of hydrogen-bond donors (Lipinski definition) is 1. The molecule has 0 atom stereocenters. The number of ether oxygens (including phenoxy) is 1. The third-order valence-electron chi connectivity index (χ3n) is 3.79. The lowest BCUT2D eigenvalue weighted by Gasteiger charge is -2.05. The molecule has 26 heavy (non-hydrogen) atoms. The van der Waals surface area contributed by atoms with E-state index in [1.165, 1.54) is 0 Å². The fourth-order valence-electron chi connectivity index (χ4n) is 2.47. The lowest BCUT2D eigenvalue weighted by Crippen LogP contribution is -2.14. The Kier molecular flexibility index (Phi) is 5.81. The van der Waals surface area contributed by atoms with Crippen LogP contribution in [-0.4, -0.2) is 22.8 Å². The predicted molar refractivity (Wildman–Crippen MR) is 103 cm³/mol. The van der Waals surface area contributed by atoms with Crippen molar-refractivity contribution in [2.75, 3.05) is 12.4 Å². The number of carbonyl (C=O) groups excluding carboxylic acids is 1. The zero-order valence-electron chi connectivity index (χ0n) is 14.1. The van der Waals surface area contributed by atoms with Crippen molar-refractivity contribution in [3.63, 3.8) is 0 Å². The first-order valence-corrected chi connectivity index (χ1v) is 8.68. The van der Waals surface area contributed by atoms with Crippen LogP contribution in [0.1, 0.15) is 11.1 Å². The molecule has 5 nitrogen and oxygen atoms in total. The summed E-state index contributed by atoms with van der Waals surface area (Å²) in [5, 5.41) is 8.26. The molecule has 1 heterocycles. The van der Waals surface area contributed by atoms with E-state index in [0.29, 0.717) is 22.3 Å². The first-order valence-electron chi connectivity index (χ1n) is 7.92. The normalized spacial score (nSPS) is 10.6. The van der Waals surface area contributed by atoms with Crippen LogP contribution in [0.2, 0.25) is 10.0 Å². The Morgan fingerprint density at radius 3 is 2.65 bits per heavy atom. The van der Waals surface area contributed by atoms with Gasteiger partial charge in [0.2, 0.25) is 5.91 Å². The van der Waals surface area contributed by atoms with Gasteiger partial charge in [-0.1, -0.05) is 41.4 Å². The molecule has 0 aliphatic heterocycles. The number of benzene rings is 2. The van der Waals surface area contributed by atoms with Crippen molar-refractivity contribution in [3.8, 4) is 5.75 Å². The van der Waals surface area contributed by atoms with Gasteiger partial charge in [0.25, 0.3) is 0 Å². The zero-order chi connectivity index (χ0) is 18.5. The van der Waals surface area contributed by atoms with Gasteiger partial charge in [-0.15, -0.1) is 0 Å². The molecule has 0 fully saturated rings. The number of carbonyl (C=O) groups is 1. The van der Waals surface area contributed by atoms with Crippen LogP contribution in [0.25, 0.3) is 0 Å². The van der Waals surface area contributed by atoms with Crippen LogP contribution in [0.3, 0.4) is 0 Å². The highest BCUT2D eigenvalue weighted by Crippen LogP contribution is 2.22. The van der Waals surface area contributed by atoms with Crippen LogP contribution in [0.4, 0.5) is 5.69 Å². The van der Waals surface area contributed by atoms with E-state index >= 15 is 0 Å². The molecule has 1 amide bonds. The standard InChI is InChI=1S/C19H17Cl2N3O2/c1-26-17-6-2-13(3-7-17)8-19(25)23-16-10-22-24(12-16)11-14-4-5-15(20)9-18(14)21/h2-7,9-10,12H,8,11H2,1H3,(H,23,25). The zero-order valence-corrected chi connectivity index (χ0v) is 15.6. The molecule has 0 saturated heterocycles. The predicted octanol–water partition coefficient (Wildman–Crippen LogP) is 4.43. The van der Waals surface area contributed by atoms with Crippen molar-refractivity contribution in [2.24, 2.45) is 0 Å². The molecular weight excluding hydrogens is 373 g/mol. The number of methoxy groups -OCH3 is 1. The van der Waals surface area contributed by atoms with Gasteiger partial charge in [0.05, 0.1) is 32.0 Å². The summed E-state index contributed by atoms with van der Waals surface area (Å²) in [6, 6.07) is 12.7. The fourth-order valence-corrected chi connectivity index (χ4v) is 2.94. The molecule has 0 aliphatic rings. The molecule has 3 rings (SSSR count). The van der Waals surface area contributed by atoms with Gasteiger partial charge >= 0.3 is 0 Å². The maximum atomic E-state index is 12.2. The quantitative estimate of drug-likeness (QED) is 0.678. The minimum atomic E-state index is -0.112. The minimum Gasteiger partial charge on any atom is -0.497 e. The Bertz CT molecular complexity index is 907. The monoisotopic (exact) mass is 389 g/mol. The Hall–Kier alpha value is -2.50. The highest BCUT2D eigenvalue weighted by molar-refractivity contribution is 6.35. The Morgan fingerprint density at radius 2 is 1.96 bits per heavy atom. The molecule has 0 bridgehead atoms. The number of anilines is 1. The van der Waals surface area contributed by atoms with Gasteiger partial charge in [-0.25, -0.2) is 0 Å². The highest BCUT2D eigenvalue weighted by Gasteiger charge is 2.08. The fraction of sp³-hybridized carbons (Fsp3) is 0.158. The van der Waals surface area contributed by atoms with Gasteiger partial charge in [-0.2, -0.15) is 5.10 Å². The van der Waals surface area contributed by atoms with E-state index in [-0.39, 0.29) is 12.3 Å². The number of amides is 1. The van der Waals surface area contributed by atoms with E-state index in [9.17, 15) is 4.79 Å². The smallest absolute Gasteiger partial charge is 0.228 e. The van der Waals surface area contributed by atoms with Crippen molar-refractivity contribution < 1.29 is 9.53 Å². The van der Waals surface area contributed by atoms with Crippen LogP contribution in [0.5, 0.6) is 5.75 Å². The van der Waals surface area contributed by atoms with Crippen molar-refractivity contribution in [1.29, 1.82) is 0 Å². The third-order valence-corrected chi connectivity index (χ3v) is 4.38. The summed E-state index contributed by atoms with van der Waals surface area (Å²) in [5.74, 6) is 0.649. The molecule has 7 heteroatoms. The van der Waals surface area contributed by atoms with Crippen LogP contribution in [0.15, 0.2) is 54.9 Å². The first kappa shape index (κ1) is 18.3. The van der Waals surface area contributed by atoms with Gasteiger partial charge in [-0.05, 0) is 35.4 Å². The van der Waals surface area contributed by atoms with Gasteiger partial charge in [0.15, 0.2) is 0 Å². The second-order valence-corrected chi connectivity index (χ2v) is 6.58. The summed E-state index contributed by atoms with van der Waals surface area (Å²) >= 11 is 12.1. The summed E-state index contributed by atoms with van der Waals surface area (Å²) in [5.41, 5.74) is 2.44. The van der Waals surface area contributed by atoms with Crippen molar-refractivity contribution in [3.05, 3.63) is 76.0 Å². The molecular formula is C19H17Cl2N3O2. The summed E-state index contributed by atoms with van der Waals surface area (Å²) in [4.78, 5) is 12.2. The largest absolute Gasteiger partial charge is 0.497 e. The van der Waals surface area contributed by atoms with E-state index < -0.39 is 0 Å². The average molecular weight is 390 g/mol.